The van der Waals surface area contributed by atoms with Crippen LogP contribution in [-0.4, -0.2) is 5.71 Å². The van der Waals surface area contributed by atoms with Crippen molar-refractivity contribution in [2.24, 2.45) is 4.99 Å². The second kappa shape index (κ2) is 14.3. The van der Waals surface area contributed by atoms with Crippen LogP contribution in [0.1, 0.15) is 11.1 Å². The lowest BCUT2D eigenvalue weighted by atomic mass is 9.78. The van der Waals surface area contributed by atoms with Crippen molar-refractivity contribution in [2.75, 3.05) is 0 Å². The van der Waals surface area contributed by atoms with Crippen molar-refractivity contribution in [1.29, 1.82) is 0 Å². The second-order valence-corrected chi connectivity index (χ2v) is 12.3. The third kappa shape index (κ3) is 6.21. The van der Waals surface area contributed by atoms with E-state index in [1.807, 2.05) is 0 Å². The average Bonchev–Trinajstić information content (AvgIpc) is 3.21. The number of aliphatic imine (C=N–C) groups is 1. The van der Waals surface area contributed by atoms with Crippen LogP contribution in [-0.2, 0) is 0 Å². The summed E-state index contributed by atoms with van der Waals surface area (Å²) in [6, 6.07) is 75.2. The molecule has 0 saturated carbocycles. The molecule has 0 aliphatic carbocycles. The zero-order chi connectivity index (χ0) is 33.5. The van der Waals surface area contributed by atoms with Crippen molar-refractivity contribution >= 4 is 11.4 Å². The molecule has 236 valence electrons. The number of para-hydroxylation sites is 1. The van der Waals surface area contributed by atoms with Gasteiger partial charge >= 0.3 is 0 Å². The molecule has 8 aromatic carbocycles. The molecule has 0 saturated heterocycles. The molecule has 0 heterocycles. The standard InChI is InChI=1S/C49H35N/c1-7-21-36(22-8-1)43-35-44(42-33-19-20-34-45(42)50-49(40-29-15-5-16-30-40)41-31-17-6-18-32-41)47(38-25-11-3-12-26-38)48(39-27-13-4-14-28-39)46(43)37-23-9-2-10-24-37/h1-35H. The van der Waals surface area contributed by atoms with E-state index in [9.17, 15) is 0 Å². The van der Waals surface area contributed by atoms with Gasteiger partial charge in [0, 0.05) is 16.7 Å². The molecular formula is C49H35N. The fraction of sp³-hybridized carbons (Fsp3) is 0. The number of rotatable bonds is 8. The van der Waals surface area contributed by atoms with Crippen molar-refractivity contribution in [2.45, 2.75) is 0 Å². The summed E-state index contributed by atoms with van der Waals surface area (Å²) in [5.41, 5.74) is 15.6. The Kier molecular flexibility index (Phi) is 8.78. The molecule has 0 radical (unpaired) electrons. The molecule has 0 bridgehead atoms. The molecule has 1 nitrogen and oxygen atoms in total. The monoisotopic (exact) mass is 637 g/mol. The van der Waals surface area contributed by atoms with E-state index in [-0.39, 0.29) is 0 Å². The van der Waals surface area contributed by atoms with Gasteiger partial charge in [0.1, 0.15) is 0 Å². The van der Waals surface area contributed by atoms with Gasteiger partial charge in [-0.05, 0) is 62.2 Å². The summed E-state index contributed by atoms with van der Waals surface area (Å²) >= 11 is 0. The molecule has 0 aromatic heterocycles. The SMILES string of the molecule is c1ccc(C(=Nc2ccccc2-c2cc(-c3ccccc3)c(-c3ccccc3)c(-c3ccccc3)c2-c2ccccc2)c2ccccc2)cc1. The van der Waals surface area contributed by atoms with E-state index < -0.39 is 0 Å². The van der Waals surface area contributed by atoms with Crippen LogP contribution in [0.3, 0.4) is 0 Å². The number of nitrogens with zero attached hydrogens (tertiary/aromatic N) is 1. The van der Waals surface area contributed by atoms with Crippen molar-refractivity contribution in [3.8, 4) is 55.6 Å². The molecule has 0 atom stereocenters. The van der Waals surface area contributed by atoms with Gasteiger partial charge in [0.15, 0.2) is 0 Å². The Hall–Kier alpha value is -6.57. The molecule has 8 rings (SSSR count). The van der Waals surface area contributed by atoms with Crippen LogP contribution in [0.4, 0.5) is 5.69 Å². The minimum atomic E-state index is 0.915. The number of hydrogen-bond donors (Lipinski definition) is 0. The van der Waals surface area contributed by atoms with Crippen LogP contribution in [0, 0.1) is 0 Å². The molecule has 0 aliphatic heterocycles. The Bertz CT molecular complexity index is 2320. The smallest absolute Gasteiger partial charge is 0.0781 e. The molecule has 0 amide bonds. The Balaban J connectivity index is 1.51. The zero-order valence-corrected chi connectivity index (χ0v) is 27.7. The van der Waals surface area contributed by atoms with Gasteiger partial charge in [-0.15, -0.1) is 0 Å². The first-order valence-corrected chi connectivity index (χ1v) is 17.1. The van der Waals surface area contributed by atoms with Crippen molar-refractivity contribution in [1.82, 2.24) is 0 Å². The maximum absolute atomic E-state index is 5.51. The quantitative estimate of drug-likeness (QED) is 0.147. The van der Waals surface area contributed by atoms with Gasteiger partial charge in [-0.1, -0.05) is 200 Å². The molecular weight excluding hydrogens is 603 g/mol. The third-order valence-corrected chi connectivity index (χ3v) is 9.12. The van der Waals surface area contributed by atoms with Crippen LogP contribution in [0.15, 0.2) is 217 Å². The van der Waals surface area contributed by atoms with Gasteiger partial charge in [-0.2, -0.15) is 0 Å². The van der Waals surface area contributed by atoms with Gasteiger partial charge in [-0.25, -0.2) is 4.99 Å². The molecule has 8 aromatic rings. The van der Waals surface area contributed by atoms with Gasteiger partial charge < -0.3 is 0 Å². The molecule has 0 N–H and O–H groups in total. The highest BCUT2D eigenvalue weighted by molar-refractivity contribution is 6.15. The predicted molar refractivity (Wildman–Crippen MR) is 212 cm³/mol. The lowest BCUT2D eigenvalue weighted by molar-refractivity contribution is 1.46. The first kappa shape index (κ1) is 30.7. The van der Waals surface area contributed by atoms with Crippen LogP contribution < -0.4 is 0 Å². The summed E-state index contributed by atoms with van der Waals surface area (Å²) in [6.07, 6.45) is 0. The summed E-state index contributed by atoms with van der Waals surface area (Å²) in [5.74, 6) is 0. The van der Waals surface area contributed by atoms with Crippen LogP contribution >= 0.6 is 0 Å². The summed E-state index contributed by atoms with van der Waals surface area (Å²) in [6.45, 7) is 0. The Morgan fingerprint density at radius 1 is 0.280 bits per heavy atom. The fourth-order valence-electron chi connectivity index (χ4n) is 6.85. The topological polar surface area (TPSA) is 12.4 Å². The predicted octanol–water partition coefficient (Wildman–Crippen LogP) is 13.2. The highest BCUT2D eigenvalue weighted by Gasteiger charge is 2.24. The highest BCUT2D eigenvalue weighted by Crippen LogP contribution is 2.51. The molecule has 0 unspecified atom stereocenters. The number of benzene rings is 8. The molecule has 50 heavy (non-hydrogen) atoms. The van der Waals surface area contributed by atoms with Crippen molar-refractivity contribution in [3.05, 3.63) is 223 Å². The fourth-order valence-corrected chi connectivity index (χ4v) is 6.85. The van der Waals surface area contributed by atoms with E-state index in [4.69, 9.17) is 4.99 Å². The average molecular weight is 638 g/mol. The van der Waals surface area contributed by atoms with Crippen molar-refractivity contribution < 1.29 is 0 Å². The normalized spacial score (nSPS) is 10.8. The summed E-state index contributed by atoms with van der Waals surface area (Å²) in [4.78, 5) is 5.51. The Morgan fingerprint density at radius 2 is 0.640 bits per heavy atom. The first-order chi connectivity index (χ1) is 24.8. The third-order valence-electron chi connectivity index (χ3n) is 9.12. The Morgan fingerprint density at radius 3 is 1.12 bits per heavy atom. The molecule has 0 fully saturated rings. The Labute approximate surface area is 294 Å². The van der Waals surface area contributed by atoms with Gasteiger partial charge in [0.25, 0.3) is 0 Å². The largest absolute Gasteiger partial charge is 0.247 e. The summed E-state index contributed by atoms with van der Waals surface area (Å²) in [7, 11) is 0. The molecule has 1 heteroatoms. The van der Waals surface area contributed by atoms with Crippen LogP contribution in [0.5, 0.6) is 0 Å². The minimum absolute atomic E-state index is 0.915. The van der Waals surface area contributed by atoms with E-state index in [0.717, 1.165) is 39.2 Å². The lowest BCUT2D eigenvalue weighted by Crippen LogP contribution is -2.03. The van der Waals surface area contributed by atoms with Crippen molar-refractivity contribution in [3.63, 3.8) is 0 Å². The van der Waals surface area contributed by atoms with E-state index in [1.165, 1.54) is 38.9 Å². The maximum Gasteiger partial charge on any atom is 0.0781 e. The van der Waals surface area contributed by atoms with Crippen LogP contribution in [0.2, 0.25) is 0 Å². The van der Waals surface area contributed by atoms with Gasteiger partial charge in [0.2, 0.25) is 0 Å². The highest BCUT2D eigenvalue weighted by atomic mass is 14.8. The minimum Gasteiger partial charge on any atom is -0.247 e. The lowest BCUT2D eigenvalue weighted by Gasteiger charge is -2.25. The number of hydrogen-bond acceptors (Lipinski definition) is 1. The summed E-state index contributed by atoms with van der Waals surface area (Å²) in [5, 5.41) is 0. The second-order valence-electron chi connectivity index (χ2n) is 12.3. The molecule has 0 spiro atoms. The van der Waals surface area contributed by atoms with E-state index in [1.54, 1.807) is 0 Å². The molecule has 0 aliphatic rings. The van der Waals surface area contributed by atoms with Gasteiger partial charge in [-0.3, -0.25) is 0 Å². The maximum atomic E-state index is 5.51. The summed E-state index contributed by atoms with van der Waals surface area (Å²) < 4.78 is 0. The van der Waals surface area contributed by atoms with E-state index in [2.05, 4.69) is 212 Å². The van der Waals surface area contributed by atoms with Gasteiger partial charge in [0.05, 0.1) is 11.4 Å². The van der Waals surface area contributed by atoms with E-state index >= 15 is 0 Å². The zero-order valence-electron chi connectivity index (χ0n) is 27.7. The first-order valence-electron chi connectivity index (χ1n) is 17.1. The van der Waals surface area contributed by atoms with E-state index in [0.29, 0.717) is 0 Å². The van der Waals surface area contributed by atoms with Crippen LogP contribution in [0.25, 0.3) is 55.6 Å².